The maximum absolute atomic E-state index is 8.77. The molecule has 92 valence electrons. The number of rotatable bonds is 7. The molecule has 0 saturated carbocycles. The van der Waals surface area contributed by atoms with Crippen LogP contribution in [0.25, 0.3) is 0 Å². The molecule has 4 nitrogen and oxygen atoms in total. The summed E-state index contributed by atoms with van der Waals surface area (Å²) < 4.78 is 7.39. The van der Waals surface area contributed by atoms with Gasteiger partial charge in [-0.15, -0.1) is 0 Å². The Hall–Kier alpha value is -1.03. The van der Waals surface area contributed by atoms with Gasteiger partial charge < -0.3 is 9.84 Å². The minimum Gasteiger partial charge on any atom is -0.488 e. The van der Waals surface area contributed by atoms with E-state index in [-0.39, 0.29) is 6.61 Å². The fraction of sp³-hybridized carbons (Fsp3) is 0.750. The highest BCUT2D eigenvalue weighted by Gasteiger charge is 2.15. The van der Waals surface area contributed by atoms with Crippen LogP contribution in [0.15, 0.2) is 6.20 Å². The number of aryl methyl sites for hydroxylation is 1. The van der Waals surface area contributed by atoms with Crippen LogP contribution in [0.5, 0.6) is 5.75 Å². The predicted octanol–water partition coefficient (Wildman–Crippen LogP) is 2.18. The van der Waals surface area contributed by atoms with Gasteiger partial charge in [-0.25, -0.2) is 0 Å². The van der Waals surface area contributed by atoms with Gasteiger partial charge in [0.05, 0.1) is 12.8 Å². The molecule has 1 aromatic heterocycles. The zero-order chi connectivity index (χ0) is 12.0. The summed E-state index contributed by atoms with van der Waals surface area (Å²) in [5.74, 6) is 1.23. The van der Waals surface area contributed by atoms with Crippen LogP contribution >= 0.6 is 0 Å². The Morgan fingerprint density at radius 3 is 2.81 bits per heavy atom. The summed E-state index contributed by atoms with van der Waals surface area (Å²) >= 11 is 0. The molecule has 0 aliphatic carbocycles. The first-order valence-electron chi connectivity index (χ1n) is 6.03. The van der Waals surface area contributed by atoms with Gasteiger partial charge in [0.15, 0.2) is 5.75 Å². The Kier molecular flexibility index (Phi) is 5.32. The molecule has 0 aliphatic heterocycles. The number of hydrogen-bond donors (Lipinski definition) is 1. The number of aromatic nitrogens is 2. The highest BCUT2D eigenvalue weighted by atomic mass is 16.5. The summed E-state index contributed by atoms with van der Waals surface area (Å²) in [6.45, 7) is 7.60. The number of aliphatic hydroxyl groups excluding tert-OH is 1. The molecule has 0 saturated heterocycles. The highest BCUT2D eigenvalue weighted by Crippen LogP contribution is 2.28. The molecule has 1 atom stereocenters. The first-order valence-corrected chi connectivity index (χ1v) is 6.03. The van der Waals surface area contributed by atoms with Crippen molar-refractivity contribution in [3.8, 4) is 5.75 Å². The molecule has 4 heteroatoms. The lowest BCUT2D eigenvalue weighted by Gasteiger charge is -2.09. The fourth-order valence-electron chi connectivity index (χ4n) is 1.76. The number of hydrogen-bond acceptors (Lipinski definition) is 3. The fourth-order valence-corrected chi connectivity index (χ4v) is 1.76. The minimum absolute atomic E-state index is 0.0406. The predicted molar refractivity (Wildman–Crippen MR) is 63.8 cm³/mol. The first-order chi connectivity index (χ1) is 7.72. The average Bonchev–Trinajstić information content (AvgIpc) is 2.70. The third kappa shape index (κ3) is 3.23. The Morgan fingerprint density at radius 2 is 2.25 bits per heavy atom. The molecule has 1 unspecified atom stereocenters. The molecule has 0 fully saturated rings. The van der Waals surface area contributed by atoms with Gasteiger partial charge in [0.1, 0.15) is 12.3 Å². The van der Waals surface area contributed by atoms with Crippen LogP contribution in [0, 0.1) is 0 Å². The zero-order valence-electron chi connectivity index (χ0n) is 10.4. The van der Waals surface area contributed by atoms with Crippen molar-refractivity contribution in [1.82, 2.24) is 9.78 Å². The molecule has 1 rings (SSSR count). The van der Waals surface area contributed by atoms with Crippen molar-refractivity contribution in [2.75, 3.05) is 13.2 Å². The SMILES string of the molecule is CCCC(C)c1nn(CC)cc1OCCO. The van der Waals surface area contributed by atoms with Gasteiger partial charge >= 0.3 is 0 Å². The lowest BCUT2D eigenvalue weighted by Crippen LogP contribution is -2.04. The van der Waals surface area contributed by atoms with E-state index in [1.54, 1.807) is 0 Å². The standard InChI is InChI=1S/C12H22N2O2/c1-4-6-10(3)12-11(16-8-7-15)9-14(5-2)13-12/h9-10,15H,4-8H2,1-3H3. The van der Waals surface area contributed by atoms with Gasteiger partial charge in [0.25, 0.3) is 0 Å². The Morgan fingerprint density at radius 1 is 1.50 bits per heavy atom. The van der Waals surface area contributed by atoms with Crippen LogP contribution in [-0.2, 0) is 6.54 Å². The van der Waals surface area contributed by atoms with Crippen molar-refractivity contribution in [3.05, 3.63) is 11.9 Å². The molecule has 0 bridgehead atoms. The zero-order valence-corrected chi connectivity index (χ0v) is 10.4. The van der Waals surface area contributed by atoms with E-state index in [9.17, 15) is 0 Å². The van der Waals surface area contributed by atoms with Crippen LogP contribution < -0.4 is 4.74 Å². The van der Waals surface area contributed by atoms with Crippen LogP contribution in [0.1, 0.15) is 45.2 Å². The third-order valence-corrected chi connectivity index (χ3v) is 2.62. The van der Waals surface area contributed by atoms with E-state index in [2.05, 4.69) is 25.9 Å². The quantitative estimate of drug-likeness (QED) is 0.775. The molecule has 0 aliphatic rings. The van der Waals surface area contributed by atoms with E-state index in [0.29, 0.717) is 12.5 Å². The van der Waals surface area contributed by atoms with E-state index in [4.69, 9.17) is 9.84 Å². The molecule has 16 heavy (non-hydrogen) atoms. The topological polar surface area (TPSA) is 47.3 Å². The monoisotopic (exact) mass is 226 g/mol. The van der Waals surface area contributed by atoms with Gasteiger partial charge in [-0.1, -0.05) is 20.3 Å². The summed E-state index contributed by atoms with van der Waals surface area (Å²) in [5.41, 5.74) is 1.01. The van der Waals surface area contributed by atoms with E-state index < -0.39 is 0 Å². The Balaban J connectivity index is 2.81. The molecule has 0 amide bonds. The number of nitrogens with zero attached hydrogens (tertiary/aromatic N) is 2. The summed E-state index contributed by atoms with van der Waals surface area (Å²) in [6, 6.07) is 0. The molecule has 0 radical (unpaired) electrons. The minimum atomic E-state index is 0.0406. The van der Waals surface area contributed by atoms with E-state index in [1.165, 1.54) is 0 Å². The van der Waals surface area contributed by atoms with E-state index in [0.717, 1.165) is 30.8 Å². The largest absolute Gasteiger partial charge is 0.488 e. The summed E-state index contributed by atoms with van der Waals surface area (Å²) in [6.07, 6.45) is 4.16. The molecule has 1 N–H and O–H groups in total. The van der Waals surface area contributed by atoms with Crippen molar-refractivity contribution in [1.29, 1.82) is 0 Å². The third-order valence-electron chi connectivity index (χ3n) is 2.62. The van der Waals surface area contributed by atoms with Crippen molar-refractivity contribution in [2.24, 2.45) is 0 Å². The van der Waals surface area contributed by atoms with Crippen molar-refractivity contribution in [2.45, 2.75) is 46.1 Å². The van der Waals surface area contributed by atoms with Crippen molar-refractivity contribution < 1.29 is 9.84 Å². The lowest BCUT2D eigenvalue weighted by molar-refractivity contribution is 0.199. The summed E-state index contributed by atoms with van der Waals surface area (Å²) in [4.78, 5) is 0. The molecule has 0 spiro atoms. The summed E-state index contributed by atoms with van der Waals surface area (Å²) in [5, 5.41) is 13.3. The van der Waals surface area contributed by atoms with E-state index >= 15 is 0 Å². The lowest BCUT2D eigenvalue weighted by atomic mass is 10.0. The number of ether oxygens (including phenoxy) is 1. The van der Waals surface area contributed by atoms with Crippen LogP contribution in [-0.4, -0.2) is 28.1 Å². The maximum atomic E-state index is 8.77. The second-order valence-electron chi connectivity index (χ2n) is 4.00. The first kappa shape index (κ1) is 13.0. The Bertz CT molecular complexity index is 310. The second kappa shape index (κ2) is 6.53. The number of aliphatic hydroxyl groups is 1. The summed E-state index contributed by atoms with van der Waals surface area (Å²) in [7, 11) is 0. The molecular weight excluding hydrogens is 204 g/mol. The van der Waals surface area contributed by atoms with Crippen LogP contribution in [0.3, 0.4) is 0 Å². The van der Waals surface area contributed by atoms with Crippen LogP contribution in [0.4, 0.5) is 0 Å². The van der Waals surface area contributed by atoms with Gasteiger partial charge in [0, 0.05) is 12.5 Å². The van der Waals surface area contributed by atoms with Crippen molar-refractivity contribution in [3.63, 3.8) is 0 Å². The smallest absolute Gasteiger partial charge is 0.160 e. The average molecular weight is 226 g/mol. The van der Waals surface area contributed by atoms with Gasteiger partial charge in [-0.2, -0.15) is 5.10 Å². The van der Waals surface area contributed by atoms with Crippen molar-refractivity contribution >= 4 is 0 Å². The van der Waals surface area contributed by atoms with Gasteiger partial charge in [-0.05, 0) is 13.3 Å². The molecule has 0 aromatic carbocycles. The molecular formula is C12H22N2O2. The molecule has 1 aromatic rings. The van der Waals surface area contributed by atoms with Gasteiger partial charge in [0.2, 0.25) is 0 Å². The second-order valence-corrected chi connectivity index (χ2v) is 4.00. The Labute approximate surface area is 97.2 Å². The highest BCUT2D eigenvalue weighted by molar-refractivity contribution is 5.27. The maximum Gasteiger partial charge on any atom is 0.160 e. The van der Waals surface area contributed by atoms with Crippen LogP contribution in [0.2, 0.25) is 0 Å². The normalized spacial score (nSPS) is 12.8. The van der Waals surface area contributed by atoms with E-state index in [1.807, 2.05) is 10.9 Å². The van der Waals surface area contributed by atoms with Gasteiger partial charge in [-0.3, -0.25) is 4.68 Å². The molecule has 1 heterocycles.